The van der Waals surface area contributed by atoms with Gasteiger partial charge in [0.1, 0.15) is 5.78 Å². The number of piperidine rings is 1. The third-order valence-electron chi connectivity index (χ3n) is 3.36. The first kappa shape index (κ1) is 11.7. The second-order valence-corrected chi connectivity index (χ2v) is 4.88. The number of rotatable bonds is 4. The Morgan fingerprint density at radius 1 is 1.36 bits per heavy atom. The number of nitrogens with zero attached hydrogens (tertiary/aromatic N) is 1. The number of carbonyl (C=O) groups excluding carboxylic acids is 1. The van der Waals surface area contributed by atoms with Crippen LogP contribution in [0.4, 0.5) is 0 Å². The number of hydrogen-bond donors (Lipinski definition) is 0. The van der Waals surface area contributed by atoms with Crippen molar-refractivity contribution in [2.45, 2.75) is 40.0 Å². The molecule has 0 bridgehead atoms. The molecule has 0 unspecified atom stereocenters. The van der Waals surface area contributed by atoms with Crippen molar-refractivity contribution in [3.63, 3.8) is 0 Å². The summed E-state index contributed by atoms with van der Waals surface area (Å²) in [4.78, 5) is 13.3. The molecule has 0 saturated carbocycles. The minimum absolute atomic E-state index is 0.316. The molecule has 1 rings (SSSR count). The predicted molar refractivity (Wildman–Crippen MR) is 59.3 cm³/mol. The van der Waals surface area contributed by atoms with E-state index in [1.54, 1.807) is 6.92 Å². The average Bonchev–Trinajstić information content (AvgIpc) is 2.15. The van der Waals surface area contributed by atoms with Crippen LogP contribution in [-0.2, 0) is 4.79 Å². The quantitative estimate of drug-likeness (QED) is 0.689. The molecule has 0 radical (unpaired) electrons. The standard InChI is InChI=1S/C12H23NO/c1-10(2)12-5-8-13(9-6-12)7-4-11(3)14/h10,12H,4-9H2,1-3H3. The molecule has 0 amide bonds. The summed E-state index contributed by atoms with van der Waals surface area (Å²) in [6, 6.07) is 0. The van der Waals surface area contributed by atoms with Crippen molar-refractivity contribution in [1.29, 1.82) is 0 Å². The minimum atomic E-state index is 0.316. The number of likely N-dealkylation sites (tertiary alicyclic amines) is 1. The molecule has 0 N–H and O–H groups in total. The van der Waals surface area contributed by atoms with Gasteiger partial charge in [0, 0.05) is 13.0 Å². The predicted octanol–water partition coefficient (Wildman–Crippen LogP) is 2.33. The molecule has 1 aliphatic heterocycles. The van der Waals surface area contributed by atoms with E-state index in [1.165, 1.54) is 25.9 Å². The van der Waals surface area contributed by atoms with E-state index in [1.807, 2.05) is 0 Å². The third-order valence-corrected chi connectivity index (χ3v) is 3.36. The Morgan fingerprint density at radius 3 is 2.36 bits per heavy atom. The number of carbonyl (C=O) groups is 1. The van der Waals surface area contributed by atoms with Gasteiger partial charge in [0.05, 0.1) is 0 Å². The summed E-state index contributed by atoms with van der Waals surface area (Å²) in [5, 5.41) is 0. The van der Waals surface area contributed by atoms with Crippen molar-refractivity contribution >= 4 is 5.78 Å². The fourth-order valence-electron chi connectivity index (χ4n) is 2.16. The second-order valence-electron chi connectivity index (χ2n) is 4.88. The Kier molecular flexibility index (Phi) is 4.59. The fourth-order valence-corrected chi connectivity index (χ4v) is 2.16. The third kappa shape index (κ3) is 3.79. The Labute approximate surface area is 87.7 Å². The molecule has 0 spiro atoms. The molecule has 0 aromatic rings. The molecule has 14 heavy (non-hydrogen) atoms. The van der Waals surface area contributed by atoms with Crippen molar-refractivity contribution in [1.82, 2.24) is 4.90 Å². The normalized spacial score (nSPS) is 20.3. The van der Waals surface area contributed by atoms with Gasteiger partial charge in [0.2, 0.25) is 0 Å². The van der Waals surface area contributed by atoms with Crippen LogP contribution in [0, 0.1) is 11.8 Å². The number of ketones is 1. The van der Waals surface area contributed by atoms with Crippen LogP contribution in [0.25, 0.3) is 0 Å². The first-order valence-corrected chi connectivity index (χ1v) is 5.81. The number of hydrogen-bond acceptors (Lipinski definition) is 2. The monoisotopic (exact) mass is 197 g/mol. The molecule has 1 fully saturated rings. The maximum absolute atomic E-state index is 10.8. The van der Waals surface area contributed by atoms with Crippen molar-refractivity contribution in [3.05, 3.63) is 0 Å². The van der Waals surface area contributed by atoms with E-state index in [9.17, 15) is 4.79 Å². The molecule has 0 aromatic heterocycles. The SMILES string of the molecule is CC(=O)CCN1CCC(C(C)C)CC1. The highest BCUT2D eigenvalue weighted by atomic mass is 16.1. The van der Waals surface area contributed by atoms with Gasteiger partial charge in [-0.15, -0.1) is 0 Å². The summed E-state index contributed by atoms with van der Waals surface area (Å²) in [5.74, 6) is 2.05. The van der Waals surface area contributed by atoms with E-state index < -0.39 is 0 Å². The lowest BCUT2D eigenvalue weighted by Crippen LogP contribution is -2.36. The van der Waals surface area contributed by atoms with Gasteiger partial charge >= 0.3 is 0 Å². The van der Waals surface area contributed by atoms with Crippen LogP contribution in [0.2, 0.25) is 0 Å². The van der Waals surface area contributed by atoms with E-state index >= 15 is 0 Å². The summed E-state index contributed by atoms with van der Waals surface area (Å²) in [5.41, 5.74) is 0. The first-order chi connectivity index (χ1) is 6.59. The lowest BCUT2D eigenvalue weighted by Gasteiger charge is -2.33. The minimum Gasteiger partial charge on any atom is -0.303 e. The summed E-state index contributed by atoms with van der Waals surface area (Å²) in [6.45, 7) is 9.67. The van der Waals surface area contributed by atoms with Crippen LogP contribution in [0.5, 0.6) is 0 Å². The van der Waals surface area contributed by atoms with E-state index in [0.717, 1.165) is 24.8 Å². The van der Waals surface area contributed by atoms with Crippen molar-refractivity contribution in [2.24, 2.45) is 11.8 Å². The van der Waals surface area contributed by atoms with Crippen LogP contribution in [0.15, 0.2) is 0 Å². The Balaban J connectivity index is 2.19. The largest absolute Gasteiger partial charge is 0.303 e. The van der Waals surface area contributed by atoms with Crippen LogP contribution in [0.3, 0.4) is 0 Å². The van der Waals surface area contributed by atoms with Gasteiger partial charge in [-0.25, -0.2) is 0 Å². The second kappa shape index (κ2) is 5.50. The summed E-state index contributed by atoms with van der Waals surface area (Å²) >= 11 is 0. The molecule has 0 atom stereocenters. The molecule has 1 aliphatic rings. The number of Topliss-reactive ketones (excluding diaryl/α,β-unsaturated/α-hetero) is 1. The van der Waals surface area contributed by atoms with Gasteiger partial charge in [0.25, 0.3) is 0 Å². The smallest absolute Gasteiger partial charge is 0.131 e. The summed E-state index contributed by atoms with van der Waals surface area (Å²) in [6.07, 6.45) is 3.36. The molecule has 82 valence electrons. The maximum atomic E-state index is 10.8. The molecule has 0 aromatic carbocycles. The first-order valence-electron chi connectivity index (χ1n) is 5.81. The zero-order valence-electron chi connectivity index (χ0n) is 9.75. The summed E-state index contributed by atoms with van der Waals surface area (Å²) < 4.78 is 0. The van der Waals surface area contributed by atoms with E-state index in [-0.39, 0.29) is 0 Å². The van der Waals surface area contributed by atoms with Crippen LogP contribution in [0.1, 0.15) is 40.0 Å². The van der Waals surface area contributed by atoms with Crippen LogP contribution in [-0.4, -0.2) is 30.3 Å². The van der Waals surface area contributed by atoms with Crippen molar-refractivity contribution < 1.29 is 4.79 Å². The fraction of sp³-hybridized carbons (Fsp3) is 0.917. The van der Waals surface area contributed by atoms with E-state index in [2.05, 4.69) is 18.7 Å². The van der Waals surface area contributed by atoms with Gasteiger partial charge in [-0.3, -0.25) is 4.79 Å². The summed E-state index contributed by atoms with van der Waals surface area (Å²) in [7, 11) is 0. The molecule has 2 heteroatoms. The molecule has 2 nitrogen and oxygen atoms in total. The molecular formula is C12H23NO. The van der Waals surface area contributed by atoms with Gasteiger partial charge in [0.15, 0.2) is 0 Å². The van der Waals surface area contributed by atoms with Crippen molar-refractivity contribution in [2.75, 3.05) is 19.6 Å². The van der Waals surface area contributed by atoms with Crippen LogP contribution < -0.4 is 0 Å². The topological polar surface area (TPSA) is 20.3 Å². The van der Waals surface area contributed by atoms with Crippen molar-refractivity contribution in [3.8, 4) is 0 Å². The molecular weight excluding hydrogens is 174 g/mol. The highest BCUT2D eigenvalue weighted by Gasteiger charge is 2.21. The zero-order chi connectivity index (χ0) is 10.6. The molecule has 0 aliphatic carbocycles. The molecule has 1 saturated heterocycles. The Morgan fingerprint density at radius 2 is 1.93 bits per heavy atom. The highest BCUT2D eigenvalue weighted by Crippen LogP contribution is 2.24. The lowest BCUT2D eigenvalue weighted by molar-refractivity contribution is -0.117. The van der Waals surface area contributed by atoms with Gasteiger partial charge < -0.3 is 4.90 Å². The van der Waals surface area contributed by atoms with Gasteiger partial charge in [-0.2, -0.15) is 0 Å². The van der Waals surface area contributed by atoms with Gasteiger partial charge in [-0.1, -0.05) is 13.8 Å². The maximum Gasteiger partial charge on any atom is 0.131 e. The Hall–Kier alpha value is -0.370. The van der Waals surface area contributed by atoms with Crippen LogP contribution >= 0.6 is 0 Å². The Bertz CT molecular complexity index is 181. The van der Waals surface area contributed by atoms with E-state index in [4.69, 9.17) is 0 Å². The van der Waals surface area contributed by atoms with Gasteiger partial charge in [-0.05, 0) is 44.7 Å². The molecule has 1 heterocycles. The zero-order valence-corrected chi connectivity index (χ0v) is 9.75. The van der Waals surface area contributed by atoms with E-state index in [0.29, 0.717) is 5.78 Å². The lowest BCUT2D eigenvalue weighted by atomic mass is 9.87. The average molecular weight is 197 g/mol. The highest BCUT2D eigenvalue weighted by molar-refractivity contribution is 5.75.